The summed E-state index contributed by atoms with van der Waals surface area (Å²) in [7, 11) is -3.49. The number of likely N-dealkylation sites (tertiary alicyclic amines) is 1. The minimum Gasteiger partial charge on any atom is -0.480 e. The van der Waals surface area contributed by atoms with Crippen molar-refractivity contribution in [1.29, 1.82) is 0 Å². The molecule has 0 radical (unpaired) electrons. The molecule has 2 fully saturated rings. The van der Waals surface area contributed by atoms with Gasteiger partial charge in [-0.3, -0.25) is 0 Å². The summed E-state index contributed by atoms with van der Waals surface area (Å²) in [5, 5.41) is 12.2. The molecular formula is C25H39ClN4O5S. The van der Waals surface area contributed by atoms with Gasteiger partial charge in [0.25, 0.3) is 0 Å². The van der Waals surface area contributed by atoms with E-state index in [0.29, 0.717) is 57.0 Å². The van der Waals surface area contributed by atoms with Crippen LogP contribution in [0, 0.1) is 11.8 Å². The monoisotopic (exact) mass is 542 g/mol. The van der Waals surface area contributed by atoms with E-state index in [2.05, 4.69) is 10.2 Å². The number of amides is 2. The molecule has 2 heterocycles. The lowest BCUT2D eigenvalue weighted by Gasteiger charge is -2.37. The number of anilines is 1. The van der Waals surface area contributed by atoms with E-state index in [1.54, 1.807) is 23.1 Å². The van der Waals surface area contributed by atoms with Crippen molar-refractivity contribution in [1.82, 2.24) is 14.5 Å². The highest BCUT2D eigenvalue weighted by atomic mass is 35.5. The van der Waals surface area contributed by atoms with Gasteiger partial charge in [0, 0.05) is 49.5 Å². The van der Waals surface area contributed by atoms with Crippen LogP contribution in [0.25, 0.3) is 0 Å². The third-order valence-electron chi connectivity index (χ3n) is 7.60. The molecule has 202 valence electrons. The second kappa shape index (κ2) is 12.0. The van der Waals surface area contributed by atoms with Crippen molar-refractivity contribution in [2.75, 3.05) is 37.6 Å². The van der Waals surface area contributed by atoms with Gasteiger partial charge in [0.15, 0.2) is 0 Å². The van der Waals surface area contributed by atoms with Gasteiger partial charge in [-0.05, 0) is 56.2 Å². The lowest BCUT2D eigenvalue weighted by molar-refractivity contribution is -0.140. The maximum atomic E-state index is 13.5. The number of sulfonamides is 1. The molecule has 0 bridgehead atoms. The van der Waals surface area contributed by atoms with Crippen LogP contribution in [0.3, 0.4) is 0 Å². The Kier molecular flexibility index (Phi) is 9.51. The Morgan fingerprint density at radius 1 is 1.17 bits per heavy atom. The zero-order valence-corrected chi connectivity index (χ0v) is 23.1. The zero-order chi connectivity index (χ0) is 26.6. The summed E-state index contributed by atoms with van der Waals surface area (Å²) in [4.78, 5) is 28.1. The molecule has 9 nitrogen and oxygen atoms in total. The number of hydrogen-bond donors (Lipinski definition) is 2. The maximum absolute atomic E-state index is 13.5. The summed E-state index contributed by atoms with van der Waals surface area (Å²) >= 11 is 6.11. The molecule has 11 heteroatoms. The van der Waals surface area contributed by atoms with Gasteiger partial charge in [0.1, 0.15) is 6.04 Å². The quantitative estimate of drug-likeness (QED) is 0.494. The van der Waals surface area contributed by atoms with Crippen LogP contribution < -0.4 is 10.2 Å². The molecule has 2 saturated heterocycles. The van der Waals surface area contributed by atoms with Gasteiger partial charge in [0.2, 0.25) is 10.0 Å². The number of nitrogens with one attached hydrogen (secondary N) is 1. The lowest BCUT2D eigenvalue weighted by Crippen LogP contribution is -2.52. The number of carbonyl (C=O) groups is 2. The number of benzene rings is 1. The van der Waals surface area contributed by atoms with Gasteiger partial charge in [-0.1, -0.05) is 38.4 Å². The standard InChI is InChI=1S/C25H39ClN4O5S/c1-5-22(15-19-9-10-30(18(19)4)25(33)27-23(17(2)3)24(31)32)36(34,35)29-13-11-28(12-14-29)21-8-6-7-20(26)16-21/h6-8,16-19,22-23H,5,9-15H2,1-4H3,(H,27,33)(H,31,32). The number of piperazine rings is 1. The van der Waals surface area contributed by atoms with E-state index < -0.39 is 33.3 Å². The lowest BCUT2D eigenvalue weighted by atomic mass is 9.95. The molecule has 36 heavy (non-hydrogen) atoms. The Hall–Kier alpha value is -2.04. The second-order valence-electron chi connectivity index (χ2n) is 10.2. The first kappa shape index (κ1) is 28.5. The number of urea groups is 1. The molecule has 4 unspecified atom stereocenters. The average molecular weight is 543 g/mol. The smallest absolute Gasteiger partial charge is 0.326 e. The molecule has 1 aromatic rings. The Morgan fingerprint density at radius 3 is 2.39 bits per heavy atom. The number of nitrogens with zero attached hydrogens (tertiary/aromatic N) is 3. The van der Waals surface area contributed by atoms with Crippen molar-refractivity contribution < 1.29 is 23.1 Å². The van der Waals surface area contributed by atoms with Crippen LogP contribution in [0.5, 0.6) is 0 Å². The molecule has 4 atom stereocenters. The number of carboxylic acids is 1. The van der Waals surface area contributed by atoms with Crippen molar-refractivity contribution in [3.8, 4) is 0 Å². The van der Waals surface area contributed by atoms with Crippen molar-refractivity contribution in [3.63, 3.8) is 0 Å². The van der Waals surface area contributed by atoms with E-state index in [1.165, 1.54) is 0 Å². The summed E-state index contributed by atoms with van der Waals surface area (Å²) in [6, 6.07) is 6.05. The molecule has 0 spiro atoms. The van der Waals surface area contributed by atoms with Crippen LogP contribution in [0.4, 0.5) is 10.5 Å². The first-order valence-corrected chi connectivity index (χ1v) is 14.6. The first-order chi connectivity index (χ1) is 16.9. The van der Waals surface area contributed by atoms with E-state index in [1.807, 2.05) is 38.1 Å². The molecule has 2 N–H and O–H groups in total. The van der Waals surface area contributed by atoms with E-state index in [-0.39, 0.29) is 17.9 Å². The minimum absolute atomic E-state index is 0.0329. The molecule has 2 amide bonds. The van der Waals surface area contributed by atoms with Crippen LogP contribution in [0.15, 0.2) is 24.3 Å². The normalized spacial score (nSPS) is 23.1. The highest BCUT2D eigenvalue weighted by molar-refractivity contribution is 7.89. The molecule has 3 rings (SSSR count). The van der Waals surface area contributed by atoms with E-state index in [4.69, 9.17) is 11.6 Å². The average Bonchev–Trinajstić information content (AvgIpc) is 3.20. The Balaban J connectivity index is 1.60. The number of rotatable bonds is 9. The number of halogens is 1. The number of aliphatic carboxylic acids is 1. The van der Waals surface area contributed by atoms with Crippen LogP contribution >= 0.6 is 11.6 Å². The summed E-state index contributed by atoms with van der Waals surface area (Å²) in [6.45, 7) is 9.85. The van der Waals surface area contributed by atoms with Crippen molar-refractivity contribution >= 4 is 39.3 Å². The summed E-state index contributed by atoms with van der Waals surface area (Å²) in [5.74, 6) is -1.27. The summed E-state index contributed by atoms with van der Waals surface area (Å²) in [5.41, 5.74) is 0.993. The molecular weight excluding hydrogens is 504 g/mol. The van der Waals surface area contributed by atoms with Crippen LogP contribution in [0.2, 0.25) is 5.02 Å². The Morgan fingerprint density at radius 2 is 1.83 bits per heavy atom. The third-order valence-corrected chi connectivity index (χ3v) is 10.3. The third kappa shape index (κ3) is 6.44. The van der Waals surface area contributed by atoms with Crippen molar-refractivity contribution in [2.24, 2.45) is 11.8 Å². The van der Waals surface area contributed by atoms with Crippen molar-refractivity contribution in [3.05, 3.63) is 29.3 Å². The molecule has 0 aliphatic carbocycles. The molecule has 0 saturated carbocycles. The second-order valence-corrected chi connectivity index (χ2v) is 12.8. The van der Waals surface area contributed by atoms with Gasteiger partial charge in [-0.2, -0.15) is 4.31 Å². The number of carbonyl (C=O) groups excluding carboxylic acids is 1. The number of carboxylic acid groups (broad SMARTS) is 1. The topological polar surface area (TPSA) is 110 Å². The van der Waals surface area contributed by atoms with Gasteiger partial charge < -0.3 is 20.2 Å². The van der Waals surface area contributed by atoms with Crippen LogP contribution in [-0.4, -0.2) is 84.8 Å². The van der Waals surface area contributed by atoms with Gasteiger partial charge in [0.05, 0.1) is 5.25 Å². The Bertz CT molecular complexity index is 1030. The highest BCUT2D eigenvalue weighted by Gasteiger charge is 2.40. The fourth-order valence-electron chi connectivity index (χ4n) is 5.26. The molecule has 2 aliphatic rings. The van der Waals surface area contributed by atoms with Gasteiger partial charge in [-0.25, -0.2) is 18.0 Å². The van der Waals surface area contributed by atoms with E-state index >= 15 is 0 Å². The molecule has 0 aromatic heterocycles. The molecule has 1 aromatic carbocycles. The number of hydrogen-bond acceptors (Lipinski definition) is 5. The zero-order valence-electron chi connectivity index (χ0n) is 21.6. The van der Waals surface area contributed by atoms with Gasteiger partial charge >= 0.3 is 12.0 Å². The van der Waals surface area contributed by atoms with Gasteiger partial charge in [-0.15, -0.1) is 0 Å². The molecule has 2 aliphatic heterocycles. The van der Waals surface area contributed by atoms with Crippen molar-refractivity contribution in [2.45, 2.75) is 64.3 Å². The predicted molar refractivity (Wildman–Crippen MR) is 142 cm³/mol. The first-order valence-electron chi connectivity index (χ1n) is 12.7. The SMILES string of the molecule is CCC(CC1CCN(C(=O)NC(C(=O)O)C(C)C)C1C)S(=O)(=O)N1CCN(c2cccc(Cl)c2)CC1. The van der Waals surface area contributed by atoms with Crippen LogP contribution in [-0.2, 0) is 14.8 Å². The van der Waals surface area contributed by atoms with E-state index in [9.17, 15) is 23.1 Å². The van der Waals surface area contributed by atoms with E-state index in [0.717, 1.165) is 5.69 Å². The predicted octanol–water partition coefficient (Wildman–Crippen LogP) is 3.49. The highest BCUT2D eigenvalue weighted by Crippen LogP contribution is 2.32. The fraction of sp³-hybridized carbons (Fsp3) is 0.680. The summed E-state index contributed by atoms with van der Waals surface area (Å²) in [6.07, 6.45) is 1.67. The largest absolute Gasteiger partial charge is 0.480 e. The minimum atomic E-state index is -3.49. The fourth-order valence-corrected chi connectivity index (χ4v) is 7.45. The Labute approximate surface area is 219 Å². The summed E-state index contributed by atoms with van der Waals surface area (Å²) < 4.78 is 28.7. The maximum Gasteiger partial charge on any atom is 0.326 e. The van der Waals surface area contributed by atoms with Crippen LogP contribution in [0.1, 0.15) is 47.0 Å².